The van der Waals surface area contributed by atoms with Crippen molar-refractivity contribution in [1.29, 1.82) is 0 Å². The molecular formula is C14H25BN2O. The van der Waals surface area contributed by atoms with Gasteiger partial charge in [-0.25, -0.2) is 4.99 Å². The Morgan fingerprint density at radius 2 is 2.28 bits per heavy atom. The fraction of sp³-hybridized carbons (Fsp3) is 0.786. The summed E-state index contributed by atoms with van der Waals surface area (Å²) >= 11 is 0. The lowest BCUT2D eigenvalue weighted by Crippen LogP contribution is -2.22. The van der Waals surface area contributed by atoms with E-state index in [1.165, 1.54) is 24.3 Å². The maximum absolute atomic E-state index is 6.02. The van der Waals surface area contributed by atoms with E-state index in [0.29, 0.717) is 11.4 Å². The van der Waals surface area contributed by atoms with E-state index in [0.717, 1.165) is 24.9 Å². The van der Waals surface area contributed by atoms with Gasteiger partial charge in [-0.1, -0.05) is 25.6 Å². The quantitative estimate of drug-likeness (QED) is 0.583. The predicted octanol–water partition coefficient (Wildman–Crippen LogP) is 2.27. The van der Waals surface area contributed by atoms with Gasteiger partial charge in [0.2, 0.25) is 0 Å². The van der Waals surface area contributed by atoms with Crippen LogP contribution in [0.3, 0.4) is 0 Å². The van der Waals surface area contributed by atoms with Gasteiger partial charge in [-0.2, -0.15) is 0 Å². The minimum Gasteiger partial charge on any atom is -0.428 e. The SMILES string of the molecule is BC1(C)CCCc2c(o/c(=N/C)n2C(C)CC)C1. The van der Waals surface area contributed by atoms with Crippen molar-refractivity contribution in [3.05, 3.63) is 17.1 Å². The Morgan fingerprint density at radius 1 is 1.56 bits per heavy atom. The Balaban J connectivity index is 2.53. The first-order valence-electron chi connectivity index (χ1n) is 7.14. The van der Waals surface area contributed by atoms with Crippen LogP contribution in [0.1, 0.15) is 57.5 Å². The second-order valence-corrected chi connectivity index (χ2v) is 6.30. The summed E-state index contributed by atoms with van der Waals surface area (Å²) in [6, 6.07) is 0.470. The zero-order valence-electron chi connectivity index (χ0n) is 12.4. The van der Waals surface area contributed by atoms with Gasteiger partial charge in [-0.05, 0) is 26.2 Å². The summed E-state index contributed by atoms with van der Waals surface area (Å²) < 4.78 is 8.34. The van der Waals surface area contributed by atoms with E-state index in [4.69, 9.17) is 4.42 Å². The maximum atomic E-state index is 6.02. The standard InChI is InChI=1S/C14H25BN2O/c1-5-10(2)17-11-7-6-8-14(3,15)9-12(11)18-13(17)16-4/h10H,5-9,15H2,1-4H3/b16-13+. The first-order valence-corrected chi connectivity index (χ1v) is 7.14. The summed E-state index contributed by atoms with van der Waals surface area (Å²) in [4.78, 5) is 4.32. The molecule has 0 aromatic carbocycles. The third kappa shape index (κ3) is 2.43. The van der Waals surface area contributed by atoms with Crippen molar-refractivity contribution in [2.75, 3.05) is 7.05 Å². The predicted molar refractivity (Wildman–Crippen MR) is 76.7 cm³/mol. The minimum atomic E-state index is 0.349. The van der Waals surface area contributed by atoms with Gasteiger partial charge in [0.25, 0.3) is 5.68 Å². The monoisotopic (exact) mass is 248 g/mol. The van der Waals surface area contributed by atoms with Gasteiger partial charge in [0.15, 0.2) is 0 Å². The van der Waals surface area contributed by atoms with Gasteiger partial charge in [0.05, 0.1) is 5.69 Å². The van der Waals surface area contributed by atoms with E-state index in [-0.39, 0.29) is 0 Å². The van der Waals surface area contributed by atoms with E-state index in [2.05, 4.69) is 38.2 Å². The molecule has 0 N–H and O–H groups in total. The van der Waals surface area contributed by atoms with Gasteiger partial charge < -0.3 is 4.42 Å². The number of hydrogen-bond acceptors (Lipinski definition) is 2. The van der Waals surface area contributed by atoms with Crippen LogP contribution < -0.4 is 5.68 Å². The summed E-state index contributed by atoms with van der Waals surface area (Å²) in [6.45, 7) is 6.80. The van der Waals surface area contributed by atoms with Crippen molar-refractivity contribution in [1.82, 2.24) is 4.57 Å². The van der Waals surface area contributed by atoms with E-state index in [9.17, 15) is 0 Å². The molecule has 1 aromatic rings. The van der Waals surface area contributed by atoms with Crippen molar-refractivity contribution in [2.45, 2.75) is 64.2 Å². The Labute approximate surface area is 111 Å². The van der Waals surface area contributed by atoms with Crippen LogP contribution in [-0.2, 0) is 12.8 Å². The first-order chi connectivity index (χ1) is 8.48. The summed E-state index contributed by atoms with van der Waals surface area (Å²) in [5.74, 6) is 1.17. The van der Waals surface area contributed by atoms with Crippen LogP contribution >= 0.6 is 0 Å². The average Bonchev–Trinajstić information content (AvgIpc) is 2.57. The van der Waals surface area contributed by atoms with Crippen LogP contribution in [0.2, 0.25) is 5.31 Å². The van der Waals surface area contributed by atoms with Gasteiger partial charge in [-0.15, -0.1) is 0 Å². The lowest BCUT2D eigenvalue weighted by Gasteiger charge is -2.20. The molecule has 1 aliphatic rings. The molecule has 0 spiro atoms. The van der Waals surface area contributed by atoms with Crippen LogP contribution in [0.5, 0.6) is 0 Å². The minimum absolute atomic E-state index is 0.349. The van der Waals surface area contributed by atoms with E-state index in [1.807, 2.05) is 7.05 Å². The Hall–Kier alpha value is -0.925. The van der Waals surface area contributed by atoms with Crippen LogP contribution in [0.25, 0.3) is 0 Å². The summed E-state index contributed by atoms with van der Waals surface area (Å²) in [6.07, 6.45) is 5.80. The highest BCUT2D eigenvalue weighted by atomic mass is 16.4. The number of hydrogen-bond donors (Lipinski definition) is 0. The molecule has 0 amide bonds. The van der Waals surface area contributed by atoms with E-state index < -0.39 is 0 Å². The van der Waals surface area contributed by atoms with E-state index >= 15 is 0 Å². The number of rotatable bonds is 2. The first kappa shape index (κ1) is 13.5. The molecule has 0 saturated carbocycles. The maximum Gasteiger partial charge on any atom is 0.297 e. The van der Waals surface area contributed by atoms with Gasteiger partial charge in [0.1, 0.15) is 13.6 Å². The highest BCUT2D eigenvalue weighted by Gasteiger charge is 2.28. The fourth-order valence-corrected chi connectivity index (χ4v) is 2.91. The van der Waals surface area contributed by atoms with Crippen molar-refractivity contribution in [2.24, 2.45) is 4.99 Å². The van der Waals surface area contributed by atoms with E-state index in [1.54, 1.807) is 0 Å². The van der Waals surface area contributed by atoms with Crippen molar-refractivity contribution in [3.63, 3.8) is 0 Å². The molecule has 1 heterocycles. The van der Waals surface area contributed by atoms with Crippen molar-refractivity contribution < 1.29 is 4.42 Å². The molecule has 2 unspecified atom stereocenters. The molecule has 100 valence electrons. The summed E-state index contributed by atoms with van der Waals surface area (Å²) in [7, 11) is 4.16. The number of fused-ring (bicyclic) bond motifs is 1. The van der Waals surface area contributed by atoms with Crippen LogP contribution in [0, 0.1) is 0 Å². The third-order valence-corrected chi connectivity index (χ3v) is 4.16. The average molecular weight is 248 g/mol. The summed E-state index contributed by atoms with van der Waals surface area (Å²) in [5.41, 5.74) is 2.18. The second kappa shape index (κ2) is 4.98. The molecular weight excluding hydrogens is 223 g/mol. The molecule has 18 heavy (non-hydrogen) atoms. The number of nitrogens with zero attached hydrogens (tertiary/aromatic N) is 2. The van der Waals surface area contributed by atoms with Crippen LogP contribution in [0.15, 0.2) is 9.41 Å². The largest absolute Gasteiger partial charge is 0.428 e. The Morgan fingerprint density at radius 3 is 2.89 bits per heavy atom. The normalized spacial score (nSPS) is 26.8. The number of oxazole rings is 1. The van der Waals surface area contributed by atoms with Gasteiger partial charge in [0, 0.05) is 19.5 Å². The molecule has 2 rings (SSSR count). The highest BCUT2D eigenvalue weighted by Crippen LogP contribution is 2.37. The Kier molecular flexibility index (Phi) is 3.74. The lowest BCUT2D eigenvalue weighted by molar-refractivity contribution is 0.384. The molecule has 2 atom stereocenters. The molecule has 3 nitrogen and oxygen atoms in total. The van der Waals surface area contributed by atoms with Crippen LogP contribution in [0.4, 0.5) is 0 Å². The molecule has 4 heteroatoms. The molecule has 0 bridgehead atoms. The summed E-state index contributed by atoms with van der Waals surface area (Å²) in [5, 5.41) is 0.349. The number of aromatic nitrogens is 1. The van der Waals surface area contributed by atoms with Gasteiger partial charge in [-0.3, -0.25) is 4.57 Å². The molecule has 0 fully saturated rings. The Bertz CT molecular complexity index is 484. The third-order valence-electron chi connectivity index (χ3n) is 4.16. The van der Waals surface area contributed by atoms with Crippen molar-refractivity contribution in [3.8, 4) is 0 Å². The molecule has 1 aliphatic carbocycles. The second-order valence-electron chi connectivity index (χ2n) is 6.30. The van der Waals surface area contributed by atoms with Crippen molar-refractivity contribution >= 4 is 7.85 Å². The molecule has 0 saturated heterocycles. The molecule has 0 aliphatic heterocycles. The highest BCUT2D eigenvalue weighted by molar-refractivity contribution is 6.15. The zero-order valence-corrected chi connectivity index (χ0v) is 12.4. The smallest absolute Gasteiger partial charge is 0.297 e. The molecule has 1 aromatic heterocycles. The molecule has 0 radical (unpaired) electrons. The fourth-order valence-electron chi connectivity index (χ4n) is 2.91. The van der Waals surface area contributed by atoms with Gasteiger partial charge >= 0.3 is 0 Å². The lowest BCUT2D eigenvalue weighted by atomic mass is 9.65. The topological polar surface area (TPSA) is 30.4 Å². The zero-order chi connectivity index (χ0) is 13.3. The van der Waals surface area contributed by atoms with Crippen LogP contribution in [-0.4, -0.2) is 19.5 Å².